The van der Waals surface area contributed by atoms with Gasteiger partial charge in [-0.3, -0.25) is 0 Å². The summed E-state index contributed by atoms with van der Waals surface area (Å²) in [7, 11) is 0. The molecule has 0 heterocycles. The van der Waals surface area contributed by atoms with Crippen molar-refractivity contribution in [1.82, 2.24) is 0 Å². The van der Waals surface area contributed by atoms with Crippen molar-refractivity contribution in [2.45, 2.75) is 64.7 Å². The zero-order valence-corrected chi connectivity index (χ0v) is 18.8. The average molecular weight is 421 g/mol. The summed E-state index contributed by atoms with van der Waals surface area (Å²) in [6.07, 6.45) is 6.74. The fraction of sp³-hybridized carbons (Fsp3) is 0.400. The molecule has 0 aromatic heterocycles. The van der Waals surface area contributed by atoms with Gasteiger partial charge in [0.05, 0.1) is 0 Å². The number of fused-ring (bicyclic) bond motifs is 1. The van der Waals surface area contributed by atoms with Gasteiger partial charge < -0.3 is 0 Å². The van der Waals surface area contributed by atoms with E-state index in [1.807, 2.05) is 0 Å². The van der Waals surface area contributed by atoms with Crippen molar-refractivity contribution in [3.8, 4) is 11.1 Å². The molecular formula is C25H29Zr-. The first-order chi connectivity index (χ1) is 12.2. The van der Waals surface area contributed by atoms with Crippen LogP contribution in [0.5, 0.6) is 0 Å². The van der Waals surface area contributed by atoms with Gasteiger partial charge in [-0.2, -0.15) is 5.56 Å². The zero-order chi connectivity index (χ0) is 17.4. The molecule has 1 saturated carbocycles. The van der Waals surface area contributed by atoms with Crippen LogP contribution in [0.2, 0.25) is 0 Å². The zero-order valence-electron chi connectivity index (χ0n) is 16.3. The maximum Gasteiger partial charge on any atom is 0 e. The van der Waals surface area contributed by atoms with Gasteiger partial charge >= 0.3 is 0 Å². The first kappa shape index (κ1) is 19.7. The summed E-state index contributed by atoms with van der Waals surface area (Å²) in [5.74, 6) is 1.42. The van der Waals surface area contributed by atoms with Gasteiger partial charge in [0, 0.05) is 26.2 Å². The Morgan fingerprint density at radius 3 is 2.38 bits per heavy atom. The number of benzene rings is 2. The third-order valence-corrected chi connectivity index (χ3v) is 6.41. The van der Waals surface area contributed by atoms with Gasteiger partial charge in [-0.05, 0) is 42.2 Å². The van der Waals surface area contributed by atoms with Crippen LogP contribution in [0, 0.1) is 6.92 Å². The van der Waals surface area contributed by atoms with Crippen molar-refractivity contribution in [1.29, 1.82) is 0 Å². The van der Waals surface area contributed by atoms with Crippen molar-refractivity contribution in [2.24, 2.45) is 0 Å². The maximum absolute atomic E-state index is 2.47. The molecule has 0 radical (unpaired) electrons. The van der Waals surface area contributed by atoms with Crippen LogP contribution >= 0.6 is 0 Å². The standard InChI is InChI=1S/C25H29.Zr/c1-4-17(2)19-12-14-21(15-13-19)23-11-7-10-22-16-24(18(3)25(22)23)20-8-5-6-9-20;/h7,10-17,20H,4-6,8-9H2,1-3H3;/q-1;. The van der Waals surface area contributed by atoms with Gasteiger partial charge in [-0.1, -0.05) is 69.5 Å². The van der Waals surface area contributed by atoms with Crippen LogP contribution in [0.3, 0.4) is 0 Å². The molecule has 4 rings (SSSR count). The molecule has 0 saturated heterocycles. The van der Waals surface area contributed by atoms with Crippen molar-refractivity contribution in [2.75, 3.05) is 0 Å². The summed E-state index contributed by atoms with van der Waals surface area (Å²) in [4.78, 5) is 0. The van der Waals surface area contributed by atoms with Crippen LogP contribution in [-0.2, 0) is 26.2 Å². The Morgan fingerprint density at radius 2 is 1.73 bits per heavy atom. The van der Waals surface area contributed by atoms with Crippen LogP contribution in [0.15, 0.2) is 48.5 Å². The molecule has 3 aromatic rings. The summed E-state index contributed by atoms with van der Waals surface area (Å²) in [6, 6.07) is 18.5. The van der Waals surface area contributed by atoms with Crippen molar-refractivity contribution in [3.63, 3.8) is 0 Å². The monoisotopic (exact) mass is 419 g/mol. The minimum atomic E-state index is 0. The van der Waals surface area contributed by atoms with Gasteiger partial charge in [-0.25, -0.2) is 0 Å². The largest absolute Gasteiger partial charge is 0.152 e. The summed E-state index contributed by atoms with van der Waals surface area (Å²) in [6.45, 7) is 6.91. The molecule has 0 amide bonds. The smallest absolute Gasteiger partial charge is 0 e. The van der Waals surface area contributed by atoms with E-state index >= 15 is 0 Å². The van der Waals surface area contributed by atoms with Gasteiger partial charge in [0.1, 0.15) is 0 Å². The Labute approximate surface area is 177 Å². The van der Waals surface area contributed by atoms with Crippen LogP contribution < -0.4 is 0 Å². The van der Waals surface area contributed by atoms with Crippen molar-refractivity contribution >= 4 is 10.8 Å². The summed E-state index contributed by atoms with van der Waals surface area (Å²) in [5.41, 5.74) is 7.32. The molecule has 0 spiro atoms. The quantitative estimate of drug-likeness (QED) is 0.379. The molecule has 0 aliphatic heterocycles. The van der Waals surface area contributed by atoms with Crippen molar-refractivity contribution < 1.29 is 26.2 Å². The molecule has 0 N–H and O–H groups in total. The molecule has 134 valence electrons. The fourth-order valence-electron chi connectivity index (χ4n) is 4.66. The van der Waals surface area contributed by atoms with E-state index in [0.717, 1.165) is 5.92 Å². The second kappa shape index (κ2) is 8.30. The van der Waals surface area contributed by atoms with Gasteiger partial charge in [0.2, 0.25) is 0 Å². The third-order valence-electron chi connectivity index (χ3n) is 6.41. The normalized spacial score (nSPS) is 16.0. The van der Waals surface area contributed by atoms with Crippen LogP contribution in [-0.4, -0.2) is 0 Å². The topological polar surface area (TPSA) is 0 Å². The molecule has 1 atom stereocenters. The molecule has 0 nitrogen and oxygen atoms in total. The van der Waals surface area contributed by atoms with Crippen LogP contribution in [0.4, 0.5) is 0 Å². The number of hydrogen-bond acceptors (Lipinski definition) is 0. The minimum Gasteiger partial charge on any atom is -0.152 e. The fourth-order valence-corrected chi connectivity index (χ4v) is 4.66. The third kappa shape index (κ3) is 3.53. The molecule has 1 unspecified atom stereocenters. The Morgan fingerprint density at radius 1 is 1.04 bits per heavy atom. The molecular weight excluding hydrogens is 391 g/mol. The SMILES string of the molecule is CCC(C)c1ccc(-c2cccc3[cH-]c(C4CCCC4)c(C)c23)cc1.[Zr]. The summed E-state index contributed by atoms with van der Waals surface area (Å²) < 4.78 is 0. The average Bonchev–Trinajstić information content (AvgIpc) is 3.29. The van der Waals surface area contributed by atoms with E-state index in [1.165, 1.54) is 65.1 Å². The van der Waals surface area contributed by atoms with E-state index < -0.39 is 0 Å². The van der Waals surface area contributed by atoms with E-state index in [0.29, 0.717) is 5.92 Å². The van der Waals surface area contributed by atoms with Gasteiger partial charge in [0.25, 0.3) is 0 Å². The second-order valence-corrected chi connectivity index (χ2v) is 7.91. The molecule has 0 bridgehead atoms. The van der Waals surface area contributed by atoms with Gasteiger partial charge in [-0.15, -0.1) is 34.5 Å². The molecule has 1 aliphatic carbocycles. The Hall–Kier alpha value is -1.07. The number of aryl methyl sites for hydroxylation is 1. The van der Waals surface area contributed by atoms with Crippen LogP contribution in [0.25, 0.3) is 21.9 Å². The molecule has 1 fully saturated rings. The van der Waals surface area contributed by atoms with E-state index in [4.69, 9.17) is 0 Å². The molecule has 26 heavy (non-hydrogen) atoms. The van der Waals surface area contributed by atoms with E-state index in [2.05, 4.69) is 69.3 Å². The summed E-state index contributed by atoms with van der Waals surface area (Å²) in [5, 5.41) is 2.89. The maximum atomic E-state index is 2.47. The molecule has 1 aliphatic rings. The first-order valence-electron chi connectivity index (χ1n) is 9.98. The predicted octanol–water partition coefficient (Wildman–Crippen LogP) is 7.70. The number of rotatable bonds is 4. The van der Waals surface area contributed by atoms with Crippen molar-refractivity contribution in [3.05, 3.63) is 65.2 Å². The Bertz CT molecular complexity index is 863. The van der Waals surface area contributed by atoms with Gasteiger partial charge in [0.15, 0.2) is 0 Å². The second-order valence-electron chi connectivity index (χ2n) is 7.91. The van der Waals surface area contributed by atoms with E-state index in [9.17, 15) is 0 Å². The number of hydrogen-bond donors (Lipinski definition) is 0. The molecule has 3 aromatic carbocycles. The molecule has 1 heteroatoms. The van der Waals surface area contributed by atoms with E-state index in [-0.39, 0.29) is 26.2 Å². The Balaban J connectivity index is 0.00000196. The minimum absolute atomic E-state index is 0. The van der Waals surface area contributed by atoms with Crippen LogP contribution in [0.1, 0.15) is 74.5 Å². The predicted molar refractivity (Wildman–Crippen MR) is 110 cm³/mol. The summed E-state index contributed by atoms with van der Waals surface area (Å²) >= 11 is 0. The Kier molecular flexibility index (Phi) is 6.29. The van der Waals surface area contributed by atoms with E-state index in [1.54, 1.807) is 5.56 Å². The first-order valence-corrected chi connectivity index (χ1v) is 9.98.